The van der Waals surface area contributed by atoms with E-state index in [1.165, 1.54) is 6.33 Å². The van der Waals surface area contributed by atoms with Crippen LogP contribution in [-0.4, -0.2) is 20.9 Å². The van der Waals surface area contributed by atoms with Gasteiger partial charge in [0.15, 0.2) is 5.82 Å². The van der Waals surface area contributed by atoms with Crippen LogP contribution in [-0.2, 0) is 6.42 Å². The van der Waals surface area contributed by atoms with Gasteiger partial charge >= 0.3 is 0 Å². The molecule has 2 rings (SSSR count). The monoisotopic (exact) mass is 134 g/mol. The maximum Gasteiger partial charge on any atom is 0.196 e. The van der Waals surface area contributed by atoms with Crippen LogP contribution in [0.5, 0.6) is 0 Å². The zero-order valence-corrected chi connectivity index (χ0v) is 5.57. The summed E-state index contributed by atoms with van der Waals surface area (Å²) in [6.07, 6.45) is 2.28. The molecule has 0 saturated heterocycles. The van der Waals surface area contributed by atoms with Gasteiger partial charge in [-0.25, -0.2) is 9.98 Å². The lowest BCUT2D eigenvalue weighted by molar-refractivity contribution is 0.942. The first kappa shape index (κ1) is 5.46. The van der Waals surface area contributed by atoms with Crippen LogP contribution in [0.1, 0.15) is 12.6 Å². The second-order valence-electron chi connectivity index (χ2n) is 2.25. The molecule has 0 aliphatic carbocycles. The van der Waals surface area contributed by atoms with Crippen molar-refractivity contribution >= 4 is 11.5 Å². The summed E-state index contributed by atoms with van der Waals surface area (Å²) in [6, 6.07) is 0. The molecule has 50 valence electrons. The summed E-state index contributed by atoms with van der Waals surface area (Å²) in [5, 5.41) is 7.43. The highest BCUT2D eigenvalue weighted by Gasteiger charge is 2.12. The van der Waals surface area contributed by atoms with Crippen LogP contribution >= 0.6 is 0 Å². The molecule has 4 heteroatoms. The van der Waals surface area contributed by atoms with Crippen molar-refractivity contribution in [2.45, 2.75) is 13.3 Å². The van der Waals surface area contributed by atoms with Crippen molar-refractivity contribution in [3.8, 4) is 0 Å². The fourth-order valence-electron chi connectivity index (χ4n) is 0.966. The lowest BCUT2D eigenvalue weighted by Crippen LogP contribution is -1.92. The molecule has 1 aliphatic rings. The number of rotatable bonds is 0. The summed E-state index contributed by atoms with van der Waals surface area (Å²) >= 11 is 0. The van der Waals surface area contributed by atoms with E-state index in [0.29, 0.717) is 5.82 Å². The highest BCUT2D eigenvalue weighted by molar-refractivity contribution is 5.90. The minimum absolute atomic E-state index is 0.681. The van der Waals surface area contributed by atoms with E-state index in [4.69, 9.17) is 0 Å². The molecule has 0 atom stereocenters. The van der Waals surface area contributed by atoms with Crippen LogP contribution in [0.4, 0.5) is 5.82 Å². The number of fused-ring (bicyclic) bond motifs is 1. The number of hydrogen-bond donors (Lipinski definition) is 0. The smallest absolute Gasteiger partial charge is 0.196 e. The highest BCUT2D eigenvalue weighted by atomic mass is 15.2. The topological polar surface area (TPSA) is 51.0 Å². The average molecular weight is 134 g/mol. The molecule has 10 heavy (non-hydrogen) atoms. The van der Waals surface area contributed by atoms with Gasteiger partial charge in [-0.05, 0) is 6.92 Å². The predicted octanol–water partition coefficient (Wildman–Crippen LogP) is 0.520. The third kappa shape index (κ3) is 0.689. The first-order valence-corrected chi connectivity index (χ1v) is 3.07. The van der Waals surface area contributed by atoms with Gasteiger partial charge in [-0.3, -0.25) is 0 Å². The largest absolute Gasteiger partial charge is 0.235 e. The predicted molar refractivity (Wildman–Crippen MR) is 36.3 cm³/mol. The normalized spacial score (nSPS) is 14.7. The highest BCUT2D eigenvalue weighted by Crippen LogP contribution is 2.19. The van der Waals surface area contributed by atoms with Gasteiger partial charge in [-0.1, -0.05) is 0 Å². The van der Waals surface area contributed by atoms with Crippen LogP contribution in [0.15, 0.2) is 11.3 Å². The van der Waals surface area contributed by atoms with E-state index in [2.05, 4.69) is 20.2 Å². The molecule has 0 amide bonds. The van der Waals surface area contributed by atoms with Gasteiger partial charge in [0.1, 0.15) is 6.33 Å². The fraction of sp³-hybridized carbons (Fsp3) is 0.333. The molecule has 0 aromatic carbocycles. The van der Waals surface area contributed by atoms with E-state index >= 15 is 0 Å². The maximum atomic E-state index is 4.13. The van der Waals surface area contributed by atoms with Crippen molar-refractivity contribution in [1.29, 1.82) is 0 Å². The molecule has 1 aromatic heterocycles. The van der Waals surface area contributed by atoms with E-state index in [1.54, 1.807) is 0 Å². The molecule has 0 fully saturated rings. The number of aliphatic imine (C=N–C) groups is 1. The number of nitrogens with zero attached hydrogens (tertiary/aromatic N) is 4. The first-order valence-electron chi connectivity index (χ1n) is 3.07. The molecule has 2 heterocycles. The van der Waals surface area contributed by atoms with Gasteiger partial charge in [-0.2, -0.15) is 0 Å². The Hall–Kier alpha value is -1.32. The average Bonchev–Trinajstić information content (AvgIpc) is 2.27. The van der Waals surface area contributed by atoms with Crippen molar-refractivity contribution in [1.82, 2.24) is 15.2 Å². The van der Waals surface area contributed by atoms with Crippen molar-refractivity contribution in [2.24, 2.45) is 4.99 Å². The zero-order valence-electron chi connectivity index (χ0n) is 5.57. The SMILES string of the molecule is CC1=Nc2nncnc2C1. The number of hydrogen-bond acceptors (Lipinski definition) is 4. The van der Waals surface area contributed by atoms with Gasteiger partial charge in [0.25, 0.3) is 0 Å². The summed E-state index contributed by atoms with van der Waals surface area (Å²) in [5.41, 5.74) is 2.00. The Morgan fingerprint density at radius 3 is 3.20 bits per heavy atom. The summed E-state index contributed by atoms with van der Waals surface area (Å²) in [4.78, 5) is 8.15. The molecule has 0 spiro atoms. The summed E-state index contributed by atoms with van der Waals surface area (Å²) in [6.45, 7) is 1.96. The quantitative estimate of drug-likeness (QED) is 0.519. The molecule has 0 N–H and O–H groups in total. The van der Waals surface area contributed by atoms with Crippen LogP contribution in [0.3, 0.4) is 0 Å². The Bertz CT molecular complexity index is 292. The third-order valence-corrected chi connectivity index (χ3v) is 1.40. The molecule has 0 saturated carbocycles. The van der Waals surface area contributed by atoms with E-state index in [1.807, 2.05) is 6.92 Å². The summed E-state index contributed by atoms with van der Waals surface area (Å²) < 4.78 is 0. The van der Waals surface area contributed by atoms with Gasteiger partial charge < -0.3 is 0 Å². The van der Waals surface area contributed by atoms with Crippen LogP contribution in [0, 0.1) is 0 Å². The molecule has 4 nitrogen and oxygen atoms in total. The van der Waals surface area contributed by atoms with Crippen molar-refractivity contribution in [2.75, 3.05) is 0 Å². The van der Waals surface area contributed by atoms with Crippen LogP contribution in [0.25, 0.3) is 0 Å². The molecular formula is C6H6N4. The molecule has 1 aliphatic heterocycles. The summed E-state index contributed by atoms with van der Waals surface area (Å²) in [5.74, 6) is 0.681. The van der Waals surface area contributed by atoms with E-state index in [-0.39, 0.29) is 0 Å². The van der Waals surface area contributed by atoms with Crippen LogP contribution < -0.4 is 0 Å². The third-order valence-electron chi connectivity index (χ3n) is 1.40. The lowest BCUT2D eigenvalue weighted by Gasteiger charge is -1.88. The molecule has 0 bridgehead atoms. The van der Waals surface area contributed by atoms with E-state index in [0.717, 1.165) is 17.8 Å². The maximum absolute atomic E-state index is 4.13. The zero-order chi connectivity index (χ0) is 6.97. The fourth-order valence-corrected chi connectivity index (χ4v) is 0.966. The first-order chi connectivity index (χ1) is 4.86. The van der Waals surface area contributed by atoms with Gasteiger partial charge in [0.05, 0.1) is 5.69 Å². The van der Waals surface area contributed by atoms with Crippen molar-refractivity contribution < 1.29 is 0 Å². The Balaban J connectivity index is 2.54. The Morgan fingerprint density at radius 2 is 2.40 bits per heavy atom. The van der Waals surface area contributed by atoms with Crippen molar-refractivity contribution in [3.63, 3.8) is 0 Å². The minimum atomic E-state index is 0.681. The minimum Gasteiger partial charge on any atom is -0.235 e. The Labute approximate surface area is 58.0 Å². The summed E-state index contributed by atoms with van der Waals surface area (Å²) in [7, 11) is 0. The molecular weight excluding hydrogens is 128 g/mol. The molecule has 1 aromatic rings. The van der Waals surface area contributed by atoms with Gasteiger partial charge in [0, 0.05) is 12.1 Å². The Kier molecular flexibility index (Phi) is 1.00. The Morgan fingerprint density at radius 1 is 1.50 bits per heavy atom. The van der Waals surface area contributed by atoms with Gasteiger partial charge in [-0.15, -0.1) is 10.2 Å². The molecule has 0 unspecified atom stereocenters. The second-order valence-corrected chi connectivity index (χ2v) is 2.25. The van der Waals surface area contributed by atoms with E-state index in [9.17, 15) is 0 Å². The van der Waals surface area contributed by atoms with Gasteiger partial charge in [0.2, 0.25) is 0 Å². The molecule has 0 radical (unpaired) electrons. The standard InChI is InChI=1S/C6H6N4/c1-4-2-5-6(9-4)10-8-3-7-5/h3H,2H2,1H3. The lowest BCUT2D eigenvalue weighted by atomic mass is 10.3. The number of aromatic nitrogens is 3. The second kappa shape index (κ2) is 1.83. The van der Waals surface area contributed by atoms with Crippen molar-refractivity contribution in [3.05, 3.63) is 12.0 Å². The van der Waals surface area contributed by atoms with E-state index < -0.39 is 0 Å². The van der Waals surface area contributed by atoms with Crippen LogP contribution in [0.2, 0.25) is 0 Å².